The first-order valence-corrected chi connectivity index (χ1v) is 18.5. The average molecular weight is 680 g/mol. The minimum Gasteiger partial charge on any atom is -0.296 e. The van der Waals surface area contributed by atoms with Crippen LogP contribution in [-0.4, -0.2) is 74.3 Å². The monoisotopic (exact) mass is 677 g/mol. The fourth-order valence-corrected chi connectivity index (χ4v) is 16.0. The molecule has 206 valence electrons. The van der Waals surface area contributed by atoms with Crippen molar-refractivity contribution in [1.82, 2.24) is 11.5 Å². The predicted molar refractivity (Wildman–Crippen MR) is 153 cm³/mol. The Hall–Kier alpha value is 1.27. The molecular weight excluding hydrogens is 650 g/mol. The largest absolute Gasteiger partial charge is 0.516 e. The van der Waals surface area contributed by atoms with Crippen molar-refractivity contribution in [3.05, 3.63) is 35.9 Å². The molecule has 1 fully saturated rings. The zero-order valence-corrected chi connectivity index (χ0v) is 27.8. The van der Waals surface area contributed by atoms with E-state index < -0.39 is 53.0 Å². The van der Waals surface area contributed by atoms with Gasteiger partial charge in [-0.1, -0.05) is 133 Å². The van der Waals surface area contributed by atoms with E-state index in [2.05, 4.69) is 0 Å². The van der Waals surface area contributed by atoms with Gasteiger partial charge in [0.2, 0.25) is 20.0 Å². The fraction of sp³-hybridized carbons (Fsp3) is 0.700. The number of benzene rings is 1. The molecule has 0 unspecified atom stereocenters. The lowest BCUT2D eigenvalue weighted by Crippen LogP contribution is -2.70. The van der Waals surface area contributed by atoms with Crippen LogP contribution in [0.1, 0.15) is 33.3 Å². The van der Waals surface area contributed by atoms with Gasteiger partial charge in [0.15, 0.2) is 0 Å². The molecule has 0 saturated carbocycles. The van der Waals surface area contributed by atoms with Gasteiger partial charge in [0, 0.05) is 31.7 Å². The van der Waals surface area contributed by atoms with Crippen LogP contribution in [0.5, 0.6) is 0 Å². The van der Waals surface area contributed by atoms with Crippen LogP contribution in [0.2, 0.25) is 5.79 Å². The molecule has 1 aliphatic heterocycles. The Labute approximate surface area is 249 Å². The van der Waals surface area contributed by atoms with Crippen molar-refractivity contribution in [1.29, 1.82) is 0 Å². The van der Waals surface area contributed by atoms with Crippen molar-refractivity contribution in [2.75, 3.05) is 13.1 Å². The Bertz CT molecular complexity index is 1030. The summed E-state index contributed by atoms with van der Waals surface area (Å²) >= 11 is 32.6. The molecule has 36 heavy (non-hydrogen) atoms. The summed E-state index contributed by atoms with van der Waals surface area (Å²) in [7, 11) is -9.27. The van der Waals surface area contributed by atoms with Gasteiger partial charge in [0.1, 0.15) is 0 Å². The molecule has 0 radical (unpaired) electrons. The Morgan fingerprint density at radius 3 is 1.47 bits per heavy atom. The molecule has 2 atom stereocenters. The van der Waals surface area contributed by atoms with Gasteiger partial charge in [-0.25, -0.2) is 16.8 Å². The Kier molecular flexibility index (Phi) is 11.6. The van der Waals surface area contributed by atoms with Crippen LogP contribution in [0.4, 0.5) is 0 Å². The van der Waals surface area contributed by atoms with Crippen LogP contribution in [0.25, 0.3) is 0 Å². The zero-order chi connectivity index (χ0) is 27.9. The molecule has 0 aliphatic carbocycles. The summed E-state index contributed by atoms with van der Waals surface area (Å²) in [6.45, 7) is 8.35. The highest BCUT2D eigenvalue weighted by molar-refractivity contribution is 7.97. The minimum atomic E-state index is -4.64. The van der Waals surface area contributed by atoms with Crippen LogP contribution in [0, 0.1) is 11.8 Å². The maximum Gasteiger partial charge on any atom is 0.516 e. The third-order valence-electron chi connectivity index (χ3n) is 6.21. The molecule has 16 heteroatoms. The van der Waals surface area contributed by atoms with E-state index in [-0.39, 0.29) is 24.9 Å². The number of halogens is 6. The van der Waals surface area contributed by atoms with Crippen molar-refractivity contribution < 1.29 is 16.8 Å². The van der Waals surface area contributed by atoms with E-state index in [0.717, 1.165) is 12.1 Å². The van der Waals surface area contributed by atoms with E-state index in [1.807, 2.05) is 62.9 Å². The SMILES string of the molecule is CC(C)[C@H]1CN(Cc2ccccc2)C[C@H](C(C)C)[N](S(=O)(=O)C(Cl)(Cl)Cl)[Al]([CH3])[N]1S(=O)(=O)C(Cl)(Cl)Cl. The van der Waals surface area contributed by atoms with E-state index >= 15 is 0 Å². The summed E-state index contributed by atoms with van der Waals surface area (Å²) in [6, 6.07) is 8.14. The molecule has 0 aromatic heterocycles. The first-order valence-electron chi connectivity index (χ1n) is 11.2. The van der Waals surface area contributed by atoms with Crippen LogP contribution in [0.3, 0.4) is 0 Å². The van der Waals surface area contributed by atoms with Crippen molar-refractivity contribution in [2.45, 2.75) is 58.4 Å². The van der Waals surface area contributed by atoms with E-state index in [1.165, 1.54) is 0 Å². The van der Waals surface area contributed by atoms with E-state index in [4.69, 9.17) is 69.6 Å². The number of sulfonamides is 2. The summed E-state index contributed by atoms with van der Waals surface area (Å²) in [6.07, 6.45) is 0. The summed E-state index contributed by atoms with van der Waals surface area (Å²) in [5.74, 6) is 1.03. The predicted octanol–water partition coefficient (Wildman–Crippen LogP) is 5.59. The zero-order valence-electron chi connectivity index (χ0n) is 20.5. The van der Waals surface area contributed by atoms with Crippen LogP contribution >= 0.6 is 69.6 Å². The molecule has 1 aromatic carbocycles. The molecule has 1 heterocycles. The van der Waals surface area contributed by atoms with Crippen LogP contribution in [-0.2, 0) is 26.6 Å². The standard InChI is InChI=1S/C19H27Cl6N3O4S2.CH3.Al/c1-13(2)16(26-33(29,30)18(20,21)22)11-28(10-15-8-6-5-7-9-15)12-17(14(3)4)27-34(31,32)19(23,24)25;;/h5-9,13-14,16-17H,10-12H2,1-4H3;1H3;/q-2;;+2/t16-,17-;;/m1../s1. The van der Waals surface area contributed by atoms with Gasteiger partial charge < -0.3 is 0 Å². The first kappa shape index (κ1) is 33.5. The minimum absolute atomic E-state index is 0.256. The second-order valence-corrected chi connectivity index (χ2v) is 22.5. The summed E-state index contributed by atoms with van der Waals surface area (Å²) in [5, 5.41) is 0. The first-order chi connectivity index (χ1) is 16.2. The molecule has 0 bridgehead atoms. The quantitative estimate of drug-likeness (QED) is 0.290. The van der Waals surface area contributed by atoms with Gasteiger partial charge in [-0.3, -0.25) is 11.5 Å². The topological polar surface area (TPSA) is 78.0 Å². The molecule has 2 rings (SSSR count). The van der Waals surface area contributed by atoms with Gasteiger partial charge >= 0.3 is 20.8 Å². The Balaban J connectivity index is 2.84. The number of alkyl halides is 6. The molecule has 1 saturated heterocycles. The lowest BCUT2D eigenvalue weighted by atomic mass is 10.0. The molecule has 7 nitrogen and oxygen atoms in total. The number of rotatable bonds is 6. The Morgan fingerprint density at radius 2 is 1.17 bits per heavy atom. The highest BCUT2D eigenvalue weighted by Crippen LogP contribution is 2.43. The third-order valence-corrected chi connectivity index (χ3v) is 18.3. The third kappa shape index (κ3) is 7.31. The lowest BCUT2D eigenvalue weighted by molar-refractivity contribution is 0.133. The van der Waals surface area contributed by atoms with E-state index in [0.29, 0.717) is 6.54 Å². The summed E-state index contributed by atoms with van der Waals surface area (Å²) < 4.78 is 51.5. The van der Waals surface area contributed by atoms with Crippen molar-refractivity contribution >= 4 is 104 Å². The molecule has 0 N–H and O–H groups in total. The highest BCUT2D eigenvalue weighted by Gasteiger charge is 2.59. The Morgan fingerprint density at radius 1 is 0.806 bits per heavy atom. The smallest absolute Gasteiger partial charge is 0.296 e. The molecule has 1 aromatic rings. The van der Waals surface area contributed by atoms with E-state index in [1.54, 1.807) is 5.79 Å². The normalized spacial score (nSPS) is 22.8. The maximum absolute atomic E-state index is 13.7. The van der Waals surface area contributed by atoms with Crippen molar-refractivity contribution in [3.8, 4) is 0 Å². The van der Waals surface area contributed by atoms with Crippen molar-refractivity contribution in [2.24, 2.45) is 11.8 Å². The molecule has 0 spiro atoms. The molecule has 0 amide bonds. The second kappa shape index (κ2) is 12.4. The summed E-state index contributed by atoms with van der Waals surface area (Å²) in [4.78, 5) is 2.01. The van der Waals surface area contributed by atoms with Crippen LogP contribution in [0.15, 0.2) is 30.3 Å². The van der Waals surface area contributed by atoms with E-state index in [9.17, 15) is 16.8 Å². The van der Waals surface area contributed by atoms with Gasteiger partial charge in [-0.05, 0) is 17.4 Å². The molecular formula is C20H30AlCl6N3O4S2. The fourth-order valence-electron chi connectivity index (χ4n) is 4.41. The summed E-state index contributed by atoms with van der Waals surface area (Å²) in [5.41, 5.74) is 0.972. The van der Waals surface area contributed by atoms with Gasteiger partial charge in [-0.2, -0.15) is 0 Å². The number of hydrogen-bond donors (Lipinski definition) is 0. The lowest BCUT2D eigenvalue weighted by Gasteiger charge is -2.49. The van der Waals surface area contributed by atoms with Gasteiger partial charge in [-0.15, -0.1) is 0 Å². The highest BCUT2D eigenvalue weighted by atomic mass is 35.6. The average Bonchev–Trinajstić information content (AvgIpc) is 2.69. The van der Waals surface area contributed by atoms with Crippen LogP contribution < -0.4 is 0 Å². The maximum atomic E-state index is 13.7. The number of nitrogens with zero attached hydrogens (tertiary/aromatic N) is 3. The van der Waals surface area contributed by atoms with Crippen molar-refractivity contribution in [3.63, 3.8) is 0 Å². The number of hydrogen-bond acceptors (Lipinski definition) is 5. The molecule has 1 aliphatic rings. The van der Waals surface area contributed by atoms with Gasteiger partial charge in [0.05, 0.1) is 0 Å². The van der Waals surface area contributed by atoms with Gasteiger partial charge in [0.25, 0.3) is 0 Å². The second-order valence-electron chi connectivity index (χ2n) is 9.50.